The van der Waals surface area contributed by atoms with Crippen LogP contribution in [0.25, 0.3) is 39.4 Å². The van der Waals surface area contributed by atoms with E-state index in [1.54, 1.807) is 13.2 Å². The molecule has 0 saturated carbocycles. The van der Waals surface area contributed by atoms with Gasteiger partial charge in [-0.05, 0) is 66.7 Å². The molecular formula is C30H23N5O3S. The third-order valence-corrected chi connectivity index (χ3v) is 7.03. The van der Waals surface area contributed by atoms with Crippen molar-refractivity contribution in [1.29, 1.82) is 0 Å². The van der Waals surface area contributed by atoms with Gasteiger partial charge in [0.15, 0.2) is 5.82 Å². The molecule has 0 bridgehead atoms. The number of fused-ring (bicyclic) bond motifs is 1. The molecule has 0 aliphatic heterocycles. The fourth-order valence-corrected chi connectivity index (χ4v) is 5.03. The van der Waals surface area contributed by atoms with Gasteiger partial charge in [0.05, 0.1) is 17.3 Å². The van der Waals surface area contributed by atoms with E-state index in [2.05, 4.69) is 16.7 Å². The molecule has 0 aliphatic carbocycles. The minimum Gasteiger partial charge on any atom is -0.497 e. The Morgan fingerprint density at radius 3 is 2.33 bits per heavy atom. The lowest BCUT2D eigenvalue weighted by atomic mass is 10.1. The van der Waals surface area contributed by atoms with Crippen LogP contribution in [-0.2, 0) is 0 Å². The van der Waals surface area contributed by atoms with Gasteiger partial charge in [0.1, 0.15) is 23.8 Å². The van der Waals surface area contributed by atoms with Crippen LogP contribution in [-0.4, -0.2) is 38.1 Å². The average Bonchev–Trinajstić information content (AvgIpc) is 3.68. The number of aromatic nitrogens is 5. The summed E-state index contributed by atoms with van der Waals surface area (Å²) in [5.74, 6) is 1.97. The van der Waals surface area contributed by atoms with Crippen LogP contribution in [0, 0.1) is 0 Å². The van der Waals surface area contributed by atoms with E-state index in [1.807, 2.05) is 95.8 Å². The second-order valence-electron chi connectivity index (χ2n) is 8.61. The highest BCUT2D eigenvalue weighted by atomic mass is 32.1. The number of ether oxygens (including phenoxy) is 2. The molecular weight excluding hydrogens is 510 g/mol. The number of rotatable bonds is 8. The van der Waals surface area contributed by atoms with Gasteiger partial charge in [-0.1, -0.05) is 42.2 Å². The number of hydrogen-bond donors (Lipinski definition) is 0. The fourth-order valence-electron chi connectivity index (χ4n) is 4.13. The van der Waals surface area contributed by atoms with E-state index in [1.165, 1.54) is 15.9 Å². The molecule has 0 amide bonds. The molecule has 3 heterocycles. The van der Waals surface area contributed by atoms with Crippen molar-refractivity contribution < 1.29 is 9.47 Å². The maximum absolute atomic E-state index is 13.3. The first-order chi connectivity index (χ1) is 19.1. The molecule has 6 rings (SSSR count). The molecule has 0 radical (unpaired) electrons. The van der Waals surface area contributed by atoms with Crippen molar-refractivity contribution in [2.24, 2.45) is 0 Å². The van der Waals surface area contributed by atoms with E-state index in [4.69, 9.17) is 14.6 Å². The van der Waals surface area contributed by atoms with Crippen molar-refractivity contribution in [2.75, 3.05) is 13.7 Å². The Balaban J connectivity index is 1.42. The van der Waals surface area contributed by atoms with E-state index in [0.717, 1.165) is 39.6 Å². The summed E-state index contributed by atoms with van der Waals surface area (Å²) in [7, 11) is 1.62. The number of benzene rings is 3. The lowest BCUT2D eigenvalue weighted by Crippen LogP contribution is -2.23. The van der Waals surface area contributed by atoms with Crippen LogP contribution >= 0.6 is 11.3 Å². The third-order valence-electron chi connectivity index (χ3n) is 6.08. The molecule has 192 valence electrons. The van der Waals surface area contributed by atoms with Gasteiger partial charge in [-0.2, -0.15) is 14.6 Å². The summed E-state index contributed by atoms with van der Waals surface area (Å²) >= 11 is 1.29. The molecule has 9 heteroatoms. The zero-order valence-electron chi connectivity index (χ0n) is 21.0. The maximum atomic E-state index is 13.3. The minimum absolute atomic E-state index is 0.228. The Bertz CT molecular complexity index is 1870. The molecule has 0 unspecified atom stereocenters. The standard InChI is InChI=1S/C30H23N5O3S/c1-3-17-38-25-15-9-20(10-16-25)27-22(19-34(32-27)23-7-5-4-6-8-23)18-26-29(36)35-30(39-26)31-28(33-35)21-11-13-24(37-2)14-12-21/h3-16,18-19H,1,17H2,2H3/b26-18-. The van der Waals surface area contributed by atoms with Crippen LogP contribution in [0.3, 0.4) is 0 Å². The Hall–Kier alpha value is -5.02. The number of thiazole rings is 1. The Morgan fingerprint density at radius 1 is 0.923 bits per heavy atom. The highest BCUT2D eigenvalue weighted by Gasteiger charge is 2.15. The van der Waals surface area contributed by atoms with Crippen molar-refractivity contribution >= 4 is 22.4 Å². The van der Waals surface area contributed by atoms with E-state index in [9.17, 15) is 4.79 Å². The average molecular weight is 534 g/mol. The zero-order valence-corrected chi connectivity index (χ0v) is 21.8. The predicted octanol–water partition coefficient (Wildman–Crippen LogP) is 4.79. The summed E-state index contributed by atoms with van der Waals surface area (Å²) in [5, 5.41) is 9.33. The molecule has 0 aliphatic rings. The molecule has 39 heavy (non-hydrogen) atoms. The van der Waals surface area contributed by atoms with Crippen molar-refractivity contribution in [1.82, 2.24) is 24.4 Å². The van der Waals surface area contributed by atoms with E-state index in [0.29, 0.717) is 21.9 Å². The summed E-state index contributed by atoms with van der Waals surface area (Å²) in [4.78, 5) is 18.4. The smallest absolute Gasteiger partial charge is 0.291 e. The quantitative estimate of drug-likeness (QED) is 0.262. The minimum atomic E-state index is -0.228. The summed E-state index contributed by atoms with van der Waals surface area (Å²) in [6.07, 6.45) is 5.47. The summed E-state index contributed by atoms with van der Waals surface area (Å²) in [5.41, 5.74) is 3.94. The van der Waals surface area contributed by atoms with Crippen LogP contribution in [0.1, 0.15) is 5.56 Å². The third kappa shape index (κ3) is 4.83. The van der Waals surface area contributed by atoms with Gasteiger partial charge < -0.3 is 9.47 Å². The van der Waals surface area contributed by atoms with Crippen molar-refractivity contribution in [3.63, 3.8) is 0 Å². The molecule has 3 aromatic carbocycles. The molecule has 0 atom stereocenters. The van der Waals surface area contributed by atoms with E-state index < -0.39 is 0 Å². The number of nitrogens with zero attached hydrogens (tertiary/aromatic N) is 5. The molecule has 0 spiro atoms. The van der Waals surface area contributed by atoms with Crippen molar-refractivity contribution in [3.8, 4) is 39.8 Å². The Kier molecular flexibility index (Phi) is 6.48. The summed E-state index contributed by atoms with van der Waals surface area (Å²) < 4.78 is 14.5. The van der Waals surface area contributed by atoms with Crippen LogP contribution in [0.4, 0.5) is 0 Å². The number of methoxy groups -OCH3 is 1. The van der Waals surface area contributed by atoms with Gasteiger partial charge in [-0.3, -0.25) is 4.79 Å². The Morgan fingerprint density at radius 2 is 1.64 bits per heavy atom. The largest absolute Gasteiger partial charge is 0.497 e. The monoisotopic (exact) mass is 533 g/mol. The molecule has 8 nitrogen and oxygen atoms in total. The topological polar surface area (TPSA) is 83.5 Å². The van der Waals surface area contributed by atoms with E-state index >= 15 is 0 Å². The summed E-state index contributed by atoms with van der Waals surface area (Å²) in [6, 6.07) is 25.0. The number of hydrogen-bond acceptors (Lipinski definition) is 7. The van der Waals surface area contributed by atoms with Gasteiger partial charge in [-0.25, -0.2) is 4.68 Å². The molecule has 0 fully saturated rings. The van der Waals surface area contributed by atoms with Gasteiger partial charge in [0, 0.05) is 22.9 Å². The maximum Gasteiger partial charge on any atom is 0.291 e. The molecule has 0 saturated heterocycles. The van der Waals surface area contributed by atoms with Gasteiger partial charge >= 0.3 is 0 Å². The van der Waals surface area contributed by atoms with Crippen LogP contribution in [0.15, 0.2) is 103 Å². The fraction of sp³-hybridized carbons (Fsp3) is 0.0667. The van der Waals surface area contributed by atoms with Gasteiger partial charge in [0.25, 0.3) is 5.56 Å². The first-order valence-corrected chi connectivity index (χ1v) is 13.0. The van der Waals surface area contributed by atoms with Crippen LogP contribution in [0.5, 0.6) is 11.5 Å². The van der Waals surface area contributed by atoms with Gasteiger partial charge in [-0.15, -0.1) is 5.10 Å². The predicted molar refractivity (Wildman–Crippen MR) is 153 cm³/mol. The first kappa shape index (κ1) is 24.3. The first-order valence-electron chi connectivity index (χ1n) is 12.2. The molecule has 6 aromatic rings. The highest BCUT2D eigenvalue weighted by Crippen LogP contribution is 2.27. The second-order valence-corrected chi connectivity index (χ2v) is 9.62. The lowest BCUT2D eigenvalue weighted by molar-refractivity contribution is 0.363. The number of para-hydroxylation sites is 1. The van der Waals surface area contributed by atoms with Gasteiger partial charge in [0.2, 0.25) is 4.96 Å². The van der Waals surface area contributed by atoms with E-state index in [-0.39, 0.29) is 5.56 Å². The van der Waals surface area contributed by atoms with Crippen molar-refractivity contribution in [3.05, 3.63) is 118 Å². The van der Waals surface area contributed by atoms with Crippen LogP contribution < -0.4 is 19.6 Å². The summed E-state index contributed by atoms with van der Waals surface area (Å²) in [6.45, 7) is 4.12. The Labute approximate surface area is 227 Å². The highest BCUT2D eigenvalue weighted by molar-refractivity contribution is 7.15. The van der Waals surface area contributed by atoms with Crippen molar-refractivity contribution in [2.45, 2.75) is 0 Å². The zero-order chi connectivity index (χ0) is 26.8. The molecule has 3 aromatic heterocycles. The van der Waals surface area contributed by atoms with Crippen LogP contribution in [0.2, 0.25) is 0 Å². The lowest BCUT2D eigenvalue weighted by Gasteiger charge is -2.04. The normalized spacial score (nSPS) is 11.7. The molecule has 0 N–H and O–H groups in total. The SMILES string of the molecule is C=CCOc1ccc(-c2nn(-c3ccccc3)cc2/C=c2\sc3nc(-c4ccc(OC)cc4)nn3c2=O)cc1. The second kappa shape index (κ2) is 10.4.